The maximum Gasteiger partial charge on any atom is 0.272 e. The van der Waals surface area contributed by atoms with Crippen LogP contribution in [0.25, 0.3) is 0 Å². The quantitative estimate of drug-likeness (QED) is 0.849. The number of rotatable bonds is 5. The Hall–Kier alpha value is -2.63. The smallest absolute Gasteiger partial charge is 0.272 e. The Kier molecular flexibility index (Phi) is 4.64. The first kappa shape index (κ1) is 16.2. The van der Waals surface area contributed by atoms with Crippen LogP contribution in [0.3, 0.4) is 0 Å². The van der Waals surface area contributed by atoms with Gasteiger partial charge in [0.15, 0.2) is 6.10 Å². The minimum Gasteiger partial charge on any atom is -0.387 e. The Morgan fingerprint density at radius 1 is 1.38 bits per heavy atom. The van der Waals surface area contributed by atoms with Crippen molar-refractivity contribution in [3.05, 3.63) is 53.9 Å². The van der Waals surface area contributed by atoms with Gasteiger partial charge in [0.25, 0.3) is 5.91 Å². The molecule has 0 fully saturated rings. The lowest BCUT2D eigenvalue weighted by atomic mass is 10.0. The molecule has 6 heteroatoms. The lowest BCUT2D eigenvalue weighted by molar-refractivity contribution is -0.126. The van der Waals surface area contributed by atoms with Crippen molar-refractivity contribution < 1.29 is 9.63 Å². The van der Waals surface area contributed by atoms with Gasteiger partial charge >= 0.3 is 0 Å². The van der Waals surface area contributed by atoms with E-state index in [9.17, 15) is 4.79 Å². The van der Waals surface area contributed by atoms with Crippen LogP contribution in [0.4, 0.5) is 0 Å². The third-order valence-corrected chi connectivity index (χ3v) is 4.08. The van der Waals surface area contributed by atoms with E-state index in [-0.39, 0.29) is 18.1 Å². The molecule has 126 valence electrons. The average Bonchev–Trinajstić information content (AvgIpc) is 3.22. The zero-order valence-electron chi connectivity index (χ0n) is 14.2. The van der Waals surface area contributed by atoms with Gasteiger partial charge < -0.3 is 9.74 Å². The summed E-state index contributed by atoms with van der Waals surface area (Å²) in [7, 11) is 1.87. The van der Waals surface area contributed by atoms with Crippen LogP contribution in [0, 0.1) is 0 Å². The molecule has 1 amide bonds. The molecule has 0 unspecified atom stereocenters. The zero-order valence-corrected chi connectivity index (χ0v) is 14.2. The van der Waals surface area contributed by atoms with Gasteiger partial charge in [-0.1, -0.05) is 35.5 Å². The maximum atomic E-state index is 12.9. The van der Waals surface area contributed by atoms with E-state index in [0.29, 0.717) is 18.7 Å². The van der Waals surface area contributed by atoms with Gasteiger partial charge in [-0.3, -0.25) is 9.48 Å². The van der Waals surface area contributed by atoms with Crippen LogP contribution in [0.2, 0.25) is 0 Å². The largest absolute Gasteiger partial charge is 0.387 e. The summed E-state index contributed by atoms with van der Waals surface area (Å²) in [6.07, 6.45) is 4.02. The van der Waals surface area contributed by atoms with Crippen molar-refractivity contribution >= 4 is 11.6 Å². The first-order valence-corrected chi connectivity index (χ1v) is 8.10. The Labute approximate surface area is 141 Å². The van der Waals surface area contributed by atoms with Crippen molar-refractivity contribution in [1.82, 2.24) is 14.7 Å². The molecule has 0 saturated carbocycles. The predicted octanol–water partition coefficient (Wildman–Crippen LogP) is 2.67. The average molecular weight is 326 g/mol. The molecule has 6 nitrogen and oxygen atoms in total. The summed E-state index contributed by atoms with van der Waals surface area (Å²) in [6.45, 7) is 4.51. The summed E-state index contributed by atoms with van der Waals surface area (Å²) >= 11 is 0. The van der Waals surface area contributed by atoms with Crippen molar-refractivity contribution in [2.45, 2.75) is 39.0 Å². The molecule has 1 aliphatic heterocycles. The summed E-state index contributed by atoms with van der Waals surface area (Å²) in [5.74, 6) is -0.0766. The molecule has 3 rings (SSSR count). The monoisotopic (exact) mass is 326 g/mol. The van der Waals surface area contributed by atoms with Gasteiger partial charge in [0.2, 0.25) is 0 Å². The standard InChI is InChI=1S/C18H22N4O2/c1-13(2)22(12-14-10-19-21(3)11-14)18(23)16-9-17(24-20-16)15-7-5-4-6-8-15/h4-8,10-11,13,17H,9,12H2,1-3H3/t17-/m0/s1. The van der Waals surface area contributed by atoms with E-state index >= 15 is 0 Å². The Morgan fingerprint density at radius 3 is 2.75 bits per heavy atom. The van der Waals surface area contributed by atoms with Gasteiger partial charge in [0, 0.05) is 37.8 Å². The normalized spacial score (nSPS) is 16.8. The van der Waals surface area contributed by atoms with Gasteiger partial charge in [0.05, 0.1) is 6.20 Å². The number of hydrogen-bond acceptors (Lipinski definition) is 4. The van der Waals surface area contributed by atoms with Crippen molar-refractivity contribution in [3.8, 4) is 0 Å². The number of amides is 1. The first-order valence-electron chi connectivity index (χ1n) is 8.10. The number of nitrogens with zero attached hydrogens (tertiary/aromatic N) is 4. The topological polar surface area (TPSA) is 59.7 Å². The van der Waals surface area contributed by atoms with Crippen molar-refractivity contribution in [1.29, 1.82) is 0 Å². The number of oxime groups is 1. The summed E-state index contributed by atoms with van der Waals surface area (Å²) in [6, 6.07) is 9.92. The summed E-state index contributed by atoms with van der Waals surface area (Å²) < 4.78 is 1.74. The van der Waals surface area contributed by atoms with Crippen LogP contribution >= 0.6 is 0 Å². The van der Waals surface area contributed by atoms with E-state index in [0.717, 1.165) is 11.1 Å². The molecule has 0 saturated heterocycles. The van der Waals surface area contributed by atoms with E-state index in [1.807, 2.05) is 57.4 Å². The number of benzene rings is 1. The van der Waals surface area contributed by atoms with Crippen LogP contribution in [0.5, 0.6) is 0 Å². The van der Waals surface area contributed by atoms with Crippen LogP contribution in [-0.2, 0) is 23.2 Å². The summed E-state index contributed by atoms with van der Waals surface area (Å²) in [5, 5.41) is 8.21. The molecule has 2 heterocycles. The number of aryl methyl sites for hydroxylation is 1. The third-order valence-electron chi connectivity index (χ3n) is 4.08. The highest BCUT2D eigenvalue weighted by atomic mass is 16.6. The Morgan fingerprint density at radius 2 is 2.12 bits per heavy atom. The minimum absolute atomic E-state index is 0.0659. The lowest BCUT2D eigenvalue weighted by Crippen LogP contribution is -2.40. The molecule has 0 N–H and O–H groups in total. The lowest BCUT2D eigenvalue weighted by Gasteiger charge is -2.25. The van der Waals surface area contributed by atoms with Crippen molar-refractivity contribution in [3.63, 3.8) is 0 Å². The van der Waals surface area contributed by atoms with Gasteiger partial charge in [-0.15, -0.1) is 0 Å². The van der Waals surface area contributed by atoms with E-state index in [2.05, 4.69) is 10.3 Å². The van der Waals surface area contributed by atoms with Gasteiger partial charge in [-0.05, 0) is 19.4 Å². The van der Waals surface area contributed by atoms with E-state index in [4.69, 9.17) is 4.84 Å². The van der Waals surface area contributed by atoms with Gasteiger partial charge in [0.1, 0.15) is 5.71 Å². The predicted molar refractivity (Wildman–Crippen MR) is 91.2 cm³/mol. The fourth-order valence-electron chi connectivity index (χ4n) is 2.76. The molecular formula is C18H22N4O2. The molecule has 0 spiro atoms. The second-order valence-electron chi connectivity index (χ2n) is 6.30. The first-order chi connectivity index (χ1) is 11.5. The van der Waals surface area contributed by atoms with E-state index < -0.39 is 0 Å². The highest BCUT2D eigenvalue weighted by Crippen LogP contribution is 2.28. The second-order valence-corrected chi connectivity index (χ2v) is 6.30. The Balaban J connectivity index is 1.69. The Bertz CT molecular complexity index is 736. The van der Waals surface area contributed by atoms with Crippen LogP contribution < -0.4 is 0 Å². The number of hydrogen-bond donors (Lipinski definition) is 0. The molecule has 1 aliphatic rings. The molecule has 24 heavy (non-hydrogen) atoms. The summed E-state index contributed by atoms with van der Waals surface area (Å²) in [5.41, 5.74) is 2.51. The van der Waals surface area contributed by atoms with Crippen LogP contribution in [0.15, 0.2) is 47.9 Å². The molecule has 0 aliphatic carbocycles. The highest BCUT2D eigenvalue weighted by molar-refractivity contribution is 6.39. The molecule has 0 bridgehead atoms. The molecule has 1 aromatic heterocycles. The van der Waals surface area contributed by atoms with E-state index in [1.54, 1.807) is 15.8 Å². The van der Waals surface area contributed by atoms with E-state index in [1.165, 1.54) is 0 Å². The number of carbonyl (C=O) groups excluding carboxylic acids is 1. The SMILES string of the molecule is CC(C)N(Cc1cnn(C)c1)C(=O)C1=NO[C@H](c2ccccc2)C1. The minimum atomic E-state index is -0.183. The van der Waals surface area contributed by atoms with Crippen molar-refractivity contribution in [2.75, 3.05) is 0 Å². The molecule has 0 radical (unpaired) electrons. The zero-order chi connectivity index (χ0) is 17.1. The fraction of sp³-hybridized carbons (Fsp3) is 0.389. The number of carbonyl (C=O) groups is 1. The van der Waals surface area contributed by atoms with Crippen LogP contribution in [-0.4, -0.2) is 32.3 Å². The fourth-order valence-corrected chi connectivity index (χ4v) is 2.76. The highest BCUT2D eigenvalue weighted by Gasteiger charge is 2.31. The second kappa shape index (κ2) is 6.86. The van der Waals surface area contributed by atoms with Gasteiger partial charge in [-0.25, -0.2) is 0 Å². The molecule has 1 atom stereocenters. The van der Waals surface area contributed by atoms with Crippen LogP contribution in [0.1, 0.15) is 37.5 Å². The third kappa shape index (κ3) is 3.48. The van der Waals surface area contributed by atoms with Crippen molar-refractivity contribution in [2.24, 2.45) is 12.2 Å². The molecule has 2 aromatic rings. The molecule has 1 aromatic carbocycles. The van der Waals surface area contributed by atoms with Gasteiger partial charge in [-0.2, -0.15) is 5.10 Å². The summed E-state index contributed by atoms with van der Waals surface area (Å²) in [4.78, 5) is 20.1. The maximum absolute atomic E-state index is 12.9. The molecular weight excluding hydrogens is 304 g/mol. The number of aromatic nitrogens is 2.